The standard InChI is InChI=1S/C20H17Cl2N5O2/c21-14-5-3-4-13(17(14)22)20(28)27-10-12-7-9-26-18(15-6-1-2-8-23-15)24-25-19(26)16(27)11-29-12/h1-6,8,12,16H,7,9-11H2/t12?,16-/m1/s1. The normalized spacial score (nSPS) is 20.8. The lowest BCUT2D eigenvalue weighted by Crippen LogP contribution is -2.50. The molecule has 1 fully saturated rings. The zero-order chi connectivity index (χ0) is 20.0. The highest BCUT2D eigenvalue weighted by Gasteiger charge is 2.40. The van der Waals surface area contributed by atoms with Crippen LogP contribution >= 0.6 is 23.2 Å². The zero-order valence-electron chi connectivity index (χ0n) is 15.3. The number of hydrogen-bond acceptors (Lipinski definition) is 5. The molecule has 0 spiro atoms. The second-order valence-electron chi connectivity index (χ2n) is 7.07. The maximum atomic E-state index is 13.4. The summed E-state index contributed by atoms with van der Waals surface area (Å²) in [5.41, 5.74) is 1.13. The van der Waals surface area contributed by atoms with Crippen LogP contribution in [0.15, 0.2) is 42.6 Å². The average molecular weight is 430 g/mol. The van der Waals surface area contributed by atoms with Gasteiger partial charge in [0, 0.05) is 19.3 Å². The maximum absolute atomic E-state index is 13.4. The van der Waals surface area contributed by atoms with E-state index < -0.39 is 0 Å². The number of carbonyl (C=O) groups is 1. The van der Waals surface area contributed by atoms with Gasteiger partial charge >= 0.3 is 0 Å². The SMILES string of the molecule is O=C(c1cccc(Cl)c1Cl)N1CC2CCn3c(-c4ccccn4)nnc3[C@H]1CO2. The lowest BCUT2D eigenvalue weighted by atomic mass is 10.0. The summed E-state index contributed by atoms with van der Waals surface area (Å²) in [5.74, 6) is 1.20. The third-order valence-electron chi connectivity index (χ3n) is 5.36. The number of hydrogen-bond donors (Lipinski definition) is 0. The van der Waals surface area contributed by atoms with Gasteiger partial charge in [0.2, 0.25) is 0 Å². The fourth-order valence-corrected chi connectivity index (χ4v) is 4.27. The predicted octanol–water partition coefficient (Wildman–Crippen LogP) is 3.63. The molecule has 3 aliphatic heterocycles. The Hall–Kier alpha value is -2.48. The highest BCUT2D eigenvalue weighted by molar-refractivity contribution is 6.43. The molecule has 3 aromatic rings. The number of nitrogens with zero attached hydrogens (tertiary/aromatic N) is 5. The Morgan fingerprint density at radius 1 is 1.14 bits per heavy atom. The van der Waals surface area contributed by atoms with E-state index in [-0.39, 0.29) is 23.1 Å². The van der Waals surface area contributed by atoms with Gasteiger partial charge in [-0.15, -0.1) is 10.2 Å². The Balaban J connectivity index is 1.57. The van der Waals surface area contributed by atoms with Crippen molar-refractivity contribution in [1.82, 2.24) is 24.6 Å². The van der Waals surface area contributed by atoms with Gasteiger partial charge in [-0.3, -0.25) is 9.78 Å². The number of benzene rings is 1. The van der Waals surface area contributed by atoms with Crippen molar-refractivity contribution in [1.29, 1.82) is 0 Å². The first-order valence-corrected chi connectivity index (χ1v) is 10.1. The molecular weight excluding hydrogens is 413 g/mol. The number of aromatic nitrogens is 4. The fourth-order valence-electron chi connectivity index (χ4n) is 3.89. The Morgan fingerprint density at radius 2 is 2.03 bits per heavy atom. The predicted molar refractivity (Wildman–Crippen MR) is 108 cm³/mol. The highest BCUT2D eigenvalue weighted by atomic mass is 35.5. The Bertz CT molecular complexity index is 1070. The molecule has 7 nitrogen and oxygen atoms in total. The monoisotopic (exact) mass is 429 g/mol. The molecule has 1 aromatic carbocycles. The van der Waals surface area contributed by atoms with E-state index in [1.165, 1.54) is 0 Å². The van der Waals surface area contributed by atoms with Crippen molar-refractivity contribution >= 4 is 29.1 Å². The molecule has 0 aliphatic carbocycles. The van der Waals surface area contributed by atoms with Crippen LogP contribution < -0.4 is 0 Å². The van der Waals surface area contributed by atoms with Gasteiger partial charge in [-0.25, -0.2) is 0 Å². The number of morpholine rings is 1. The zero-order valence-corrected chi connectivity index (χ0v) is 16.8. The average Bonchev–Trinajstić information content (AvgIpc) is 3.14. The molecule has 1 unspecified atom stereocenters. The van der Waals surface area contributed by atoms with Crippen molar-refractivity contribution < 1.29 is 9.53 Å². The molecular formula is C20H17Cl2N5O2. The summed E-state index contributed by atoms with van der Waals surface area (Å²) >= 11 is 12.4. The molecule has 9 heteroatoms. The molecule has 6 rings (SSSR count). The topological polar surface area (TPSA) is 73.1 Å². The van der Waals surface area contributed by atoms with E-state index in [0.717, 1.165) is 12.1 Å². The first kappa shape index (κ1) is 18.5. The summed E-state index contributed by atoms with van der Waals surface area (Å²) in [6, 6.07) is 10.4. The lowest BCUT2D eigenvalue weighted by Gasteiger charge is -2.41. The summed E-state index contributed by atoms with van der Waals surface area (Å²) in [6.45, 7) is 1.53. The van der Waals surface area contributed by atoms with Crippen LogP contribution in [0.4, 0.5) is 0 Å². The maximum Gasteiger partial charge on any atom is 0.256 e. The van der Waals surface area contributed by atoms with Gasteiger partial charge in [0.1, 0.15) is 11.7 Å². The van der Waals surface area contributed by atoms with Crippen LogP contribution in [0.5, 0.6) is 0 Å². The molecule has 5 heterocycles. The van der Waals surface area contributed by atoms with E-state index in [9.17, 15) is 4.79 Å². The van der Waals surface area contributed by atoms with Crippen LogP contribution in [0.3, 0.4) is 0 Å². The van der Waals surface area contributed by atoms with Crippen LogP contribution in [0.1, 0.15) is 28.6 Å². The number of halogens is 2. The Kier molecular flexibility index (Phi) is 4.73. The van der Waals surface area contributed by atoms with Crippen molar-refractivity contribution in [3.63, 3.8) is 0 Å². The number of rotatable bonds is 2. The first-order chi connectivity index (χ1) is 14.1. The van der Waals surface area contributed by atoms with Gasteiger partial charge < -0.3 is 14.2 Å². The first-order valence-electron chi connectivity index (χ1n) is 9.34. The van der Waals surface area contributed by atoms with Crippen molar-refractivity contribution in [3.8, 4) is 11.5 Å². The van der Waals surface area contributed by atoms with Gasteiger partial charge in [-0.1, -0.05) is 35.3 Å². The van der Waals surface area contributed by atoms with E-state index in [4.69, 9.17) is 27.9 Å². The van der Waals surface area contributed by atoms with Crippen LogP contribution in [-0.2, 0) is 11.3 Å². The second-order valence-corrected chi connectivity index (χ2v) is 7.85. The minimum Gasteiger partial charge on any atom is -0.374 e. The van der Waals surface area contributed by atoms with Gasteiger partial charge in [-0.05, 0) is 30.7 Å². The fraction of sp³-hybridized carbons (Fsp3) is 0.300. The molecule has 3 aliphatic rings. The number of amides is 1. The van der Waals surface area contributed by atoms with E-state index >= 15 is 0 Å². The highest BCUT2D eigenvalue weighted by Crippen LogP contribution is 2.35. The van der Waals surface area contributed by atoms with E-state index in [1.54, 1.807) is 29.3 Å². The minimum atomic E-state index is -0.362. The molecule has 1 saturated heterocycles. The number of pyridine rings is 1. The van der Waals surface area contributed by atoms with Gasteiger partial charge in [0.15, 0.2) is 11.6 Å². The molecule has 2 atom stereocenters. The van der Waals surface area contributed by atoms with Crippen molar-refractivity contribution in [2.45, 2.75) is 25.1 Å². The van der Waals surface area contributed by atoms with Crippen molar-refractivity contribution in [2.75, 3.05) is 13.2 Å². The van der Waals surface area contributed by atoms with Crippen LogP contribution in [0, 0.1) is 0 Å². The molecule has 148 valence electrons. The van der Waals surface area contributed by atoms with Crippen molar-refractivity contribution in [2.24, 2.45) is 0 Å². The van der Waals surface area contributed by atoms with Crippen LogP contribution in [-0.4, -0.2) is 49.8 Å². The number of carbonyl (C=O) groups excluding carboxylic acids is 1. The van der Waals surface area contributed by atoms with Crippen LogP contribution in [0.2, 0.25) is 10.0 Å². The summed E-state index contributed by atoms with van der Waals surface area (Å²) in [5, 5.41) is 9.41. The quantitative estimate of drug-likeness (QED) is 0.621. The summed E-state index contributed by atoms with van der Waals surface area (Å²) in [7, 11) is 0. The van der Waals surface area contributed by atoms with Crippen LogP contribution in [0.25, 0.3) is 11.5 Å². The second kappa shape index (κ2) is 7.40. The number of fused-ring (bicyclic) bond motifs is 3. The number of ether oxygens (including phenoxy) is 1. The van der Waals surface area contributed by atoms with Gasteiger partial charge in [0.25, 0.3) is 5.91 Å². The molecule has 2 aromatic heterocycles. The van der Waals surface area contributed by atoms with Gasteiger partial charge in [-0.2, -0.15) is 0 Å². The molecule has 29 heavy (non-hydrogen) atoms. The van der Waals surface area contributed by atoms with Gasteiger partial charge in [0.05, 0.1) is 28.3 Å². The largest absolute Gasteiger partial charge is 0.374 e. The van der Waals surface area contributed by atoms with E-state index in [0.29, 0.717) is 41.9 Å². The smallest absolute Gasteiger partial charge is 0.256 e. The van der Waals surface area contributed by atoms with E-state index in [1.807, 2.05) is 22.8 Å². The third kappa shape index (κ3) is 3.19. The third-order valence-corrected chi connectivity index (χ3v) is 6.17. The summed E-state index contributed by atoms with van der Waals surface area (Å²) < 4.78 is 8.02. The Morgan fingerprint density at radius 3 is 2.86 bits per heavy atom. The molecule has 0 saturated carbocycles. The Labute approximate surface area is 177 Å². The molecule has 2 bridgehead atoms. The molecule has 1 amide bonds. The summed E-state index contributed by atoms with van der Waals surface area (Å²) in [4.78, 5) is 19.5. The molecule has 0 N–H and O–H groups in total. The molecule has 0 radical (unpaired) electrons. The lowest BCUT2D eigenvalue weighted by molar-refractivity contribution is -0.0664. The summed E-state index contributed by atoms with van der Waals surface area (Å²) in [6.07, 6.45) is 2.40. The van der Waals surface area contributed by atoms with Crippen molar-refractivity contribution in [3.05, 3.63) is 64.0 Å². The minimum absolute atomic E-state index is 0.0692. The van der Waals surface area contributed by atoms with E-state index in [2.05, 4.69) is 15.2 Å².